The Hall–Kier alpha value is -2.31. The first-order valence-corrected chi connectivity index (χ1v) is 7.45. The van der Waals surface area contributed by atoms with Crippen LogP contribution in [0.5, 0.6) is 5.75 Å². The first-order chi connectivity index (χ1) is 10.9. The zero-order valence-electron chi connectivity index (χ0n) is 12.5. The van der Waals surface area contributed by atoms with Crippen LogP contribution in [-0.2, 0) is 0 Å². The molecule has 2 rings (SSSR count). The minimum Gasteiger partial charge on any atom is -0.495 e. The molecule has 23 heavy (non-hydrogen) atoms. The summed E-state index contributed by atoms with van der Waals surface area (Å²) in [6, 6.07) is 9.91. The average Bonchev–Trinajstić information content (AvgIpc) is 2.49. The van der Waals surface area contributed by atoms with Gasteiger partial charge in [-0.1, -0.05) is 17.7 Å². The second-order valence-electron chi connectivity index (χ2n) is 4.76. The normalized spacial score (nSPS) is 10.0. The molecule has 0 aliphatic heterocycles. The molecule has 0 aliphatic carbocycles. The SMILES string of the molecule is COc1ccc(Cl)cc1NC(=S)Nc1cc(C(=O)O)ccc1C. The molecule has 0 saturated heterocycles. The van der Waals surface area contributed by atoms with Gasteiger partial charge in [0.15, 0.2) is 5.11 Å². The number of anilines is 2. The zero-order valence-corrected chi connectivity index (χ0v) is 14.1. The highest BCUT2D eigenvalue weighted by Crippen LogP contribution is 2.28. The van der Waals surface area contributed by atoms with Gasteiger partial charge >= 0.3 is 5.97 Å². The molecule has 2 aromatic carbocycles. The van der Waals surface area contributed by atoms with E-state index in [1.165, 1.54) is 6.07 Å². The molecule has 0 atom stereocenters. The largest absolute Gasteiger partial charge is 0.495 e. The van der Waals surface area contributed by atoms with E-state index in [4.69, 9.17) is 33.7 Å². The number of methoxy groups -OCH3 is 1. The van der Waals surface area contributed by atoms with Crippen molar-refractivity contribution in [1.82, 2.24) is 0 Å². The molecular weight excluding hydrogens is 336 g/mol. The highest BCUT2D eigenvalue weighted by molar-refractivity contribution is 7.80. The molecule has 120 valence electrons. The van der Waals surface area contributed by atoms with Crippen molar-refractivity contribution in [2.24, 2.45) is 0 Å². The van der Waals surface area contributed by atoms with Crippen molar-refractivity contribution >= 4 is 46.3 Å². The number of carboxylic acid groups (broad SMARTS) is 1. The minimum atomic E-state index is -0.997. The molecule has 3 N–H and O–H groups in total. The molecule has 0 aliphatic rings. The summed E-state index contributed by atoms with van der Waals surface area (Å²) >= 11 is 11.2. The van der Waals surface area contributed by atoms with Gasteiger partial charge < -0.3 is 20.5 Å². The van der Waals surface area contributed by atoms with Crippen LogP contribution in [0.15, 0.2) is 36.4 Å². The van der Waals surface area contributed by atoms with E-state index in [1.807, 2.05) is 6.92 Å². The number of aromatic carboxylic acids is 1. The Kier molecular flexibility index (Phi) is 5.41. The smallest absolute Gasteiger partial charge is 0.335 e. The summed E-state index contributed by atoms with van der Waals surface area (Å²) in [6.45, 7) is 1.86. The molecule has 0 saturated carbocycles. The van der Waals surface area contributed by atoms with E-state index < -0.39 is 5.97 Å². The van der Waals surface area contributed by atoms with Crippen molar-refractivity contribution in [3.63, 3.8) is 0 Å². The van der Waals surface area contributed by atoms with Crippen molar-refractivity contribution in [3.05, 3.63) is 52.5 Å². The number of carbonyl (C=O) groups is 1. The number of hydrogen-bond donors (Lipinski definition) is 3. The number of benzene rings is 2. The standard InChI is InChI=1S/C16H15ClN2O3S/c1-9-3-4-10(15(20)21)7-12(9)18-16(23)19-13-8-11(17)5-6-14(13)22-2/h3-8H,1-2H3,(H,20,21)(H2,18,19,23). The first-order valence-electron chi connectivity index (χ1n) is 6.66. The van der Waals surface area contributed by atoms with Crippen LogP contribution in [0, 0.1) is 6.92 Å². The topological polar surface area (TPSA) is 70.6 Å². The molecule has 0 unspecified atom stereocenters. The Bertz CT molecular complexity index is 765. The number of thiocarbonyl (C=S) groups is 1. The fourth-order valence-corrected chi connectivity index (χ4v) is 2.34. The van der Waals surface area contributed by atoms with E-state index in [1.54, 1.807) is 37.4 Å². The summed E-state index contributed by atoms with van der Waals surface area (Å²) in [5.41, 5.74) is 2.28. The van der Waals surface area contributed by atoms with Crippen LogP contribution in [-0.4, -0.2) is 23.3 Å². The maximum absolute atomic E-state index is 11.1. The van der Waals surface area contributed by atoms with Gasteiger partial charge in [-0.25, -0.2) is 4.79 Å². The van der Waals surface area contributed by atoms with Gasteiger partial charge in [0, 0.05) is 10.7 Å². The van der Waals surface area contributed by atoms with Gasteiger partial charge in [-0.2, -0.15) is 0 Å². The predicted octanol–water partition coefficient (Wildman–Crippen LogP) is 4.16. The van der Waals surface area contributed by atoms with Crippen molar-refractivity contribution in [2.45, 2.75) is 6.92 Å². The van der Waals surface area contributed by atoms with E-state index in [9.17, 15) is 4.79 Å². The van der Waals surface area contributed by atoms with Gasteiger partial charge in [0.25, 0.3) is 0 Å². The molecule has 0 radical (unpaired) electrons. The number of halogens is 1. The highest BCUT2D eigenvalue weighted by atomic mass is 35.5. The summed E-state index contributed by atoms with van der Waals surface area (Å²) in [7, 11) is 1.55. The fourth-order valence-electron chi connectivity index (χ4n) is 1.94. The van der Waals surface area contributed by atoms with Crippen LogP contribution >= 0.6 is 23.8 Å². The summed E-state index contributed by atoms with van der Waals surface area (Å²) in [4.78, 5) is 11.1. The van der Waals surface area contributed by atoms with E-state index in [2.05, 4.69) is 10.6 Å². The van der Waals surface area contributed by atoms with Crippen LogP contribution in [0.2, 0.25) is 5.02 Å². The molecule has 0 fully saturated rings. The van der Waals surface area contributed by atoms with Crippen molar-refractivity contribution < 1.29 is 14.6 Å². The Labute approximate surface area is 144 Å². The molecule has 0 heterocycles. The molecule has 0 aromatic heterocycles. The number of nitrogens with one attached hydrogen (secondary N) is 2. The zero-order chi connectivity index (χ0) is 17.0. The lowest BCUT2D eigenvalue weighted by atomic mass is 10.1. The quantitative estimate of drug-likeness (QED) is 0.719. The van der Waals surface area contributed by atoms with E-state index in [0.717, 1.165) is 5.56 Å². The summed E-state index contributed by atoms with van der Waals surface area (Å²) in [6.07, 6.45) is 0. The third-order valence-corrected chi connectivity index (χ3v) is 3.58. The molecule has 0 bridgehead atoms. The summed E-state index contributed by atoms with van der Waals surface area (Å²) in [5.74, 6) is -0.405. The lowest BCUT2D eigenvalue weighted by Gasteiger charge is -2.15. The van der Waals surface area contributed by atoms with Crippen LogP contribution in [0.25, 0.3) is 0 Å². The van der Waals surface area contributed by atoms with E-state index in [-0.39, 0.29) is 5.56 Å². The maximum Gasteiger partial charge on any atom is 0.335 e. The van der Waals surface area contributed by atoms with Crippen LogP contribution in [0.3, 0.4) is 0 Å². The first kappa shape index (κ1) is 17.1. The Morgan fingerprint density at radius 2 is 1.87 bits per heavy atom. The van der Waals surface area contributed by atoms with Crippen LogP contribution < -0.4 is 15.4 Å². The molecule has 0 spiro atoms. The Morgan fingerprint density at radius 3 is 2.52 bits per heavy atom. The monoisotopic (exact) mass is 350 g/mol. The van der Waals surface area contributed by atoms with Crippen molar-refractivity contribution in [2.75, 3.05) is 17.7 Å². The van der Waals surface area contributed by atoms with Crippen LogP contribution in [0.4, 0.5) is 11.4 Å². The fraction of sp³-hybridized carbons (Fsp3) is 0.125. The van der Waals surface area contributed by atoms with Gasteiger partial charge in [-0.3, -0.25) is 0 Å². The van der Waals surface area contributed by atoms with E-state index >= 15 is 0 Å². The molecule has 7 heteroatoms. The molecule has 0 amide bonds. The third-order valence-electron chi connectivity index (χ3n) is 3.14. The number of hydrogen-bond acceptors (Lipinski definition) is 3. The minimum absolute atomic E-state index is 0.182. The van der Waals surface area contributed by atoms with Gasteiger partial charge in [0.2, 0.25) is 0 Å². The van der Waals surface area contributed by atoms with Crippen molar-refractivity contribution in [3.8, 4) is 5.75 Å². The number of rotatable bonds is 4. The third kappa shape index (κ3) is 4.34. The second kappa shape index (κ2) is 7.30. The average molecular weight is 351 g/mol. The lowest BCUT2D eigenvalue weighted by molar-refractivity contribution is 0.0697. The highest BCUT2D eigenvalue weighted by Gasteiger charge is 2.09. The number of aryl methyl sites for hydroxylation is 1. The molecule has 2 aromatic rings. The van der Waals surface area contributed by atoms with Gasteiger partial charge in [-0.05, 0) is 55.0 Å². The maximum atomic E-state index is 11.1. The van der Waals surface area contributed by atoms with Gasteiger partial charge in [0.1, 0.15) is 5.75 Å². The molecule has 5 nitrogen and oxygen atoms in total. The number of carboxylic acids is 1. The van der Waals surface area contributed by atoms with Crippen molar-refractivity contribution in [1.29, 1.82) is 0 Å². The Balaban J connectivity index is 2.19. The summed E-state index contributed by atoms with van der Waals surface area (Å²) < 4.78 is 5.24. The molecular formula is C16H15ClN2O3S. The second-order valence-corrected chi connectivity index (χ2v) is 5.60. The Morgan fingerprint density at radius 1 is 1.17 bits per heavy atom. The van der Waals surface area contributed by atoms with E-state index in [0.29, 0.717) is 27.3 Å². The number of ether oxygens (including phenoxy) is 1. The van der Waals surface area contributed by atoms with Gasteiger partial charge in [-0.15, -0.1) is 0 Å². The van der Waals surface area contributed by atoms with Crippen LogP contribution in [0.1, 0.15) is 15.9 Å². The predicted molar refractivity (Wildman–Crippen MR) is 96.0 cm³/mol. The lowest BCUT2D eigenvalue weighted by Crippen LogP contribution is -2.20. The summed E-state index contributed by atoms with van der Waals surface area (Å²) in [5, 5.41) is 15.9. The van der Waals surface area contributed by atoms with Gasteiger partial charge in [0.05, 0.1) is 18.4 Å².